The highest BCUT2D eigenvalue weighted by atomic mass is 32.3. The molecule has 0 aromatic heterocycles. The molecule has 1 aliphatic rings. The number of hydrogen-bond acceptors (Lipinski definition) is 11. The molecule has 11 nitrogen and oxygen atoms in total. The standard InChI is InChI=1S/C12H23NO10S3/c1-25(18)5-3-2-4-8(13-23-26(19,20)21)24-12-11(17)10(16)9(15)7(6-14)22-12/h7,9-12,14-17H,2-6H2,1H3,(H,19,20,21)/b13-8-/t7-,9-,10+,11-,12?,25?/m1/s1. The third kappa shape index (κ3) is 8.14. The van der Waals surface area contributed by atoms with Crippen LogP contribution < -0.4 is 0 Å². The lowest BCUT2D eigenvalue weighted by Crippen LogP contribution is -2.57. The minimum Gasteiger partial charge on any atom is -0.394 e. The maximum atomic E-state index is 11.1. The molecule has 2 unspecified atom stereocenters. The van der Waals surface area contributed by atoms with E-state index in [0.717, 1.165) is 11.8 Å². The first kappa shape index (κ1) is 23.7. The van der Waals surface area contributed by atoms with E-state index in [2.05, 4.69) is 9.44 Å². The van der Waals surface area contributed by atoms with Gasteiger partial charge in [0, 0.05) is 22.8 Å². The molecule has 0 aromatic carbocycles. The highest BCUT2D eigenvalue weighted by molar-refractivity contribution is 8.14. The van der Waals surface area contributed by atoms with Gasteiger partial charge in [-0.25, -0.2) is 4.28 Å². The molecule has 0 radical (unpaired) electrons. The van der Waals surface area contributed by atoms with Crippen molar-refractivity contribution < 1.29 is 46.6 Å². The molecule has 0 aromatic rings. The Morgan fingerprint density at radius 3 is 2.42 bits per heavy atom. The van der Waals surface area contributed by atoms with Crippen LogP contribution in [0.4, 0.5) is 0 Å². The summed E-state index contributed by atoms with van der Waals surface area (Å²) in [5, 5.41) is 42.0. The SMILES string of the molecule is CS(=O)CCCC/C(=N/OS(=O)(=O)O)SC1O[C@H](CO)[C@@H](O)[C@H](O)[C@H]1O. The summed E-state index contributed by atoms with van der Waals surface area (Å²) in [4.78, 5) is 0. The third-order valence-electron chi connectivity index (χ3n) is 3.41. The smallest absolute Gasteiger partial charge is 0.394 e. The number of aliphatic hydroxyl groups is 4. The molecule has 0 aliphatic carbocycles. The number of hydrogen-bond donors (Lipinski definition) is 5. The van der Waals surface area contributed by atoms with Crippen LogP contribution in [0, 0.1) is 0 Å². The molecular formula is C12H23NO10S3. The Kier molecular flexibility index (Phi) is 9.92. The molecule has 0 saturated carbocycles. The van der Waals surface area contributed by atoms with Crippen LogP contribution in [0.3, 0.4) is 0 Å². The average molecular weight is 438 g/mol. The van der Waals surface area contributed by atoms with Crippen molar-refractivity contribution in [1.29, 1.82) is 0 Å². The van der Waals surface area contributed by atoms with Gasteiger partial charge in [-0.2, -0.15) is 8.42 Å². The molecular weight excluding hydrogens is 414 g/mol. The minimum absolute atomic E-state index is 0.0221. The molecule has 0 amide bonds. The monoisotopic (exact) mass is 437 g/mol. The van der Waals surface area contributed by atoms with Crippen LogP contribution in [0.2, 0.25) is 0 Å². The predicted octanol–water partition coefficient (Wildman–Crippen LogP) is -1.80. The van der Waals surface area contributed by atoms with E-state index in [9.17, 15) is 27.9 Å². The maximum Gasteiger partial charge on any atom is 0.466 e. The van der Waals surface area contributed by atoms with E-state index in [-0.39, 0.29) is 11.5 Å². The van der Waals surface area contributed by atoms with Crippen LogP contribution >= 0.6 is 11.8 Å². The van der Waals surface area contributed by atoms with Gasteiger partial charge in [0.2, 0.25) is 0 Å². The number of nitrogens with zero attached hydrogens (tertiary/aromatic N) is 1. The molecule has 1 saturated heterocycles. The summed E-state index contributed by atoms with van der Waals surface area (Å²) in [6.45, 7) is -0.613. The Labute approximate surface area is 157 Å². The van der Waals surface area contributed by atoms with Crippen LogP contribution in [0.5, 0.6) is 0 Å². The van der Waals surface area contributed by atoms with Crippen LogP contribution in [0.15, 0.2) is 5.16 Å². The summed E-state index contributed by atoms with van der Waals surface area (Å²) >= 11 is 0.717. The third-order valence-corrected chi connectivity index (χ3v) is 5.71. The average Bonchev–Trinajstić information content (AvgIpc) is 2.55. The summed E-state index contributed by atoms with van der Waals surface area (Å²) in [7, 11) is -5.83. The van der Waals surface area contributed by atoms with Crippen molar-refractivity contribution in [2.75, 3.05) is 18.6 Å². The van der Waals surface area contributed by atoms with Crippen molar-refractivity contribution in [2.24, 2.45) is 5.16 Å². The fourth-order valence-corrected chi connectivity index (χ4v) is 4.05. The second-order valence-corrected chi connectivity index (χ2v) is 9.27. The summed E-state index contributed by atoms with van der Waals surface area (Å²) < 4.78 is 50.4. The van der Waals surface area contributed by atoms with Crippen molar-refractivity contribution in [3.8, 4) is 0 Å². The first-order valence-electron chi connectivity index (χ1n) is 7.55. The van der Waals surface area contributed by atoms with Crippen molar-refractivity contribution in [2.45, 2.75) is 49.1 Å². The van der Waals surface area contributed by atoms with E-state index < -0.39 is 57.7 Å². The van der Waals surface area contributed by atoms with Gasteiger partial charge in [-0.1, -0.05) is 16.9 Å². The number of oxime groups is 1. The van der Waals surface area contributed by atoms with Crippen LogP contribution in [-0.4, -0.2) is 91.1 Å². The largest absolute Gasteiger partial charge is 0.466 e. The van der Waals surface area contributed by atoms with Crippen molar-refractivity contribution >= 4 is 38.0 Å². The van der Waals surface area contributed by atoms with Crippen LogP contribution in [-0.2, 0) is 30.2 Å². The second-order valence-electron chi connectivity index (χ2n) is 5.54. The first-order valence-corrected chi connectivity index (χ1v) is 11.5. The maximum absolute atomic E-state index is 11.1. The van der Waals surface area contributed by atoms with E-state index in [1.54, 1.807) is 6.26 Å². The van der Waals surface area contributed by atoms with E-state index in [1.807, 2.05) is 0 Å². The minimum atomic E-state index is -4.83. The van der Waals surface area contributed by atoms with Crippen molar-refractivity contribution in [3.63, 3.8) is 0 Å². The summed E-state index contributed by atoms with van der Waals surface area (Å²) in [5.74, 6) is 0.428. The van der Waals surface area contributed by atoms with Gasteiger partial charge in [0.05, 0.1) is 6.61 Å². The van der Waals surface area contributed by atoms with Gasteiger partial charge in [-0.05, 0) is 19.3 Å². The fraction of sp³-hybridized carbons (Fsp3) is 0.917. The van der Waals surface area contributed by atoms with E-state index in [0.29, 0.717) is 18.6 Å². The summed E-state index contributed by atoms with van der Waals surface area (Å²) in [5.41, 5.74) is -1.17. The van der Waals surface area contributed by atoms with Gasteiger partial charge in [0.1, 0.15) is 34.9 Å². The lowest BCUT2D eigenvalue weighted by atomic mass is 10.0. The number of aliphatic hydroxyl groups excluding tert-OH is 4. The van der Waals surface area contributed by atoms with E-state index in [1.165, 1.54) is 0 Å². The number of thioether (sulfide) groups is 1. The molecule has 14 heteroatoms. The second kappa shape index (κ2) is 10.9. The highest BCUT2D eigenvalue weighted by Gasteiger charge is 2.44. The number of ether oxygens (including phenoxy) is 1. The molecule has 0 spiro atoms. The van der Waals surface area contributed by atoms with E-state index in [4.69, 9.17) is 14.4 Å². The summed E-state index contributed by atoms with van der Waals surface area (Å²) in [6, 6.07) is 0. The zero-order valence-corrected chi connectivity index (χ0v) is 16.3. The predicted molar refractivity (Wildman–Crippen MR) is 94.2 cm³/mol. The Morgan fingerprint density at radius 1 is 1.23 bits per heavy atom. The molecule has 6 atom stereocenters. The number of rotatable bonds is 9. The highest BCUT2D eigenvalue weighted by Crippen LogP contribution is 2.30. The summed E-state index contributed by atoms with van der Waals surface area (Å²) in [6.07, 6.45) is -3.09. The topological polar surface area (TPSA) is 183 Å². The molecule has 1 heterocycles. The Morgan fingerprint density at radius 2 is 1.88 bits per heavy atom. The lowest BCUT2D eigenvalue weighted by molar-refractivity contribution is -0.205. The molecule has 154 valence electrons. The van der Waals surface area contributed by atoms with Gasteiger partial charge < -0.3 is 25.2 Å². The van der Waals surface area contributed by atoms with Gasteiger partial charge in [-0.3, -0.25) is 8.76 Å². The van der Waals surface area contributed by atoms with Gasteiger partial charge in [0.25, 0.3) is 0 Å². The van der Waals surface area contributed by atoms with E-state index >= 15 is 0 Å². The first-order chi connectivity index (χ1) is 12.0. The van der Waals surface area contributed by atoms with Gasteiger partial charge in [-0.15, -0.1) is 0 Å². The number of unbranched alkanes of at least 4 members (excludes halogenated alkanes) is 1. The van der Waals surface area contributed by atoms with Crippen molar-refractivity contribution in [3.05, 3.63) is 0 Å². The molecule has 0 bridgehead atoms. The zero-order valence-electron chi connectivity index (χ0n) is 13.9. The Hall–Kier alpha value is -0.320. The molecule has 26 heavy (non-hydrogen) atoms. The molecule has 1 fully saturated rings. The van der Waals surface area contributed by atoms with Crippen molar-refractivity contribution in [1.82, 2.24) is 0 Å². The Bertz CT molecular complexity index is 596. The molecule has 5 N–H and O–H groups in total. The fourth-order valence-electron chi connectivity index (χ4n) is 2.10. The quantitative estimate of drug-likeness (QED) is 0.0901. The normalized spacial score (nSPS) is 31.6. The molecule has 1 rings (SSSR count). The van der Waals surface area contributed by atoms with Crippen LogP contribution in [0.25, 0.3) is 0 Å². The van der Waals surface area contributed by atoms with Gasteiger partial charge >= 0.3 is 10.4 Å². The lowest BCUT2D eigenvalue weighted by Gasteiger charge is -2.39. The Balaban J connectivity index is 2.80. The van der Waals surface area contributed by atoms with Gasteiger partial charge in [0.15, 0.2) is 0 Å². The van der Waals surface area contributed by atoms with Crippen LogP contribution in [0.1, 0.15) is 19.3 Å². The zero-order chi connectivity index (χ0) is 19.9. The molecule has 1 aliphatic heterocycles.